The number of unbranched alkanes of at least 4 members (excludes halogenated alkanes) is 3. The van der Waals surface area contributed by atoms with E-state index in [0.717, 1.165) is 54.4 Å². The number of fused-ring (bicyclic) bond motifs is 1. The molecule has 1 amide bonds. The van der Waals surface area contributed by atoms with Crippen molar-refractivity contribution in [1.29, 1.82) is 0 Å². The number of carbonyl (C=O) groups is 2. The topological polar surface area (TPSA) is 68.5 Å². The van der Waals surface area contributed by atoms with E-state index in [1.54, 1.807) is 6.08 Å². The third-order valence-corrected chi connectivity index (χ3v) is 4.27. The number of furan rings is 1. The lowest BCUT2D eigenvalue weighted by molar-refractivity contribution is -0.140. The second kappa shape index (κ2) is 10.4. The zero-order valence-electron chi connectivity index (χ0n) is 15.5. The van der Waals surface area contributed by atoms with Gasteiger partial charge in [-0.3, -0.25) is 9.59 Å². The number of amides is 1. The van der Waals surface area contributed by atoms with E-state index in [1.807, 2.05) is 37.3 Å². The summed E-state index contributed by atoms with van der Waals surface area (Å²) in [6, 6.07) is 7.85. The molecule has 2 rings (SSSR count). The Labute approximate surface area is 154 Å². The number of para-hydroxylation sites is 1. The summed E-state index contributed by atoms with van der Waals surface area (Å²) in [5.41, 5.74) is 1.82. The van der Waals surface area contributed by atoms with E-state index in [0.29, 0.717) is 13.0 Å². The van der Waals surface area contributed by atoms with Gasteiger partial charge in [-0.15, -0.1) is 0 Å². The molecule has 1 N–H and O–H groups in total. The minimum absolute atomic E-state index is 0.105. The molecule has 0 atom stereocenters. The van der Waals surface area contributed by atoms with Crippen LogP contribution in [0, 0.1) is 0 Å². The average Bonchev–Trinajstić information content (AvgIpc) is 3.03. The molecule has 0 bridgehead atoms. The summed E-state index contributed by atoms with van der Waals surface area (Å²) in [5.74, 6) is 0.620. The number of rotatable bonds is 10. The van der Waals surface area contributed by atoms with E-state index in [-0.39, 0.29) is 11.9 Å². The number of nitrogens with one attached hydrogen (secondary N) is 1. The maximum Gasteiger partial charge on any atom is 0.305 e. The summed E-state index contributed by atoms with van der Waals surface area (Å²) in [5, 5.41) is 3.92. The zero-order chi connectivity index (χ0) is 18.8. The lowest BCUT2D eigenvalue weighted by Crippen LogP contribution is -2.21. The van der Waals surface area contributed by atoms with Crippen LogP contribution in [0.25, 0.3) is 17.0 Å². The van der Waals surface area contributed by atoms with Crippen LogP contribution in [0.5, 0.6) is 0 Å². The molecular weight excluding hydrogens is 330 g/mol. The van der Waals surface area contributed by atoms with Crippen molar-refractivity contribution in [2.45, 2.75) is 45.4 Å². The number of methoxy groups -OCH3 is 1. The zero-order valence-corrected chi connectivity index (χ0v) is 15.5. The molecule has 5 nitrogen and oxygen atoms in total. The van der Waals surface area contributed by atoms with E-state index in [9.17, 15) is 9.59 Å². The number of benzene rings is 1. The van der Waals surface area contributed by atoms with Crippen LogP contribution < -0.4 is 5.32 Å². The highest BCUT2D eigenvalue weighted by molar-refractivity contribution is 5.96. The maximum atomic E-state index is 12.0. The van der Waals surface area contributed by atoms with Crippen molar-refractivity contribution >= 4 is 28.9 Å². The molecule has 0 aliphatic carbocycles. The monoisotopic (exact) mass is 357 g/mol. The molecule has 0 spiro atoms. The lowest BCUT2D eigenvalue weighted by atomic mass is 10.1. The number of aryl methyl sites for hydroxylation is 1. The molecule has 26 heavy (non-hydrogen) atoms. The summed E-state index contributed by atoms with van der Waals surface area (Å²) >= 11 is 0. The van der Waals surface area contributed by atoms with Gasteiger partial charge in [0, 0.05) is 36.4 Å². The molecule has 0 saturated carbocycles. The molecule has 0 unspecified atom stereocenters. The largest absolute Gasteiger partial charge is 0.469 e. The number of ether oxygens (including phenoxy) is 1. The van der Waals surface area contributed by atoms with Gasteiger partial charge < -0.3 is 14.5 Å². The van der Waals surface area contributed by atoms with Crippen LogP contribution in [0.1, 0.15) is 50.4 Å². The Hall–Kier alpha value is -2.56. The minimum Gasteiger partial charge on any atom is -0.469 e. The number of hydrogen-bond donors (Lipinski definition) is 1. The third kappa shape index (κ3) is 5.76. The number of esters is 1. The van der Waals surface area contributed by atoms with Crippen molar-refractivity contribution in [2.24, 2.45) is 0 Å². The minimum atomic E-state index is -0.165. The van der Waals surface area contributed by atoms with Gasteiger partial charge >= 0.3 is 5.97 Å². The van der Waals surface area contributed by atoms with Gasteiger partial charge in [0.1, 0.15) is 11.3 Å². The van der Waals surface area contributed by atoms with Crippen LogP contribution in [-0.4, -0.2) is 25.5 Å². The van der Waals surface area contributed by atoms with Gasteiger partial charge in [0.25, 0.3) is 0 Å². The van der Waals surface area contributed by atoms with Gasteiger partial charge in [0.2, 0.25) is 5.91 Å². The van der Waals surface area contributed by atoms with Crippen molar-refractivity contribution in [3.63, 3.8) is 0 Å². The third-order valence-electron chi connectivity index (χ3n) is 4.27. The lowest BCUT2D eigenvalue weighted by Gasteiger charge is -2.02. The van der Waals surface area contributed by atoms with Crippen LogP contribution in [0.4, 0.5) is 0 Å². The maximum absolute atomic E-state index is 12.0. The summed E-state index contributed by atoms with van der Waals surface area (Å²) in [6.07, 6.45) is 8.30. The Morgan fingerprint density at radius 2 is 1.92 bits per heavy atom. The van der Waals surface area contributed by atoms with Crippen LogP contribution in [0.15, 0.2) is 34.8 Å². The fourth-order valence-electron chi connectivity index (χ4n) is 2.84. The Balaban J connectivity index is 1.75. The van der Waals surface area contributed by atoms with Gasteiger partial charge in [-0.05, 0) is 25.0 Å². The van der Waals surface area contributed by atoms with Gasteiger partial charge in [0.05, 0.1) is 7.11 Å². The van der Waals surface area contributed by atoms with Crippen LogP contribution >= 0.6 is 0 Å². The SMILES string of the molecule is CCc1oc2ccccc2c1/C=C/C(=O)NCCCCCCC(=O)OC. The Morgan fingerprint density at radius 1 is 1.15 bits per heavy atom. The molecule has 0 aliphatic rings. The highest BCUT2D eigenvalue weighted by Gasteiger charge is 2.10. The Kier molecular flexibility index (Phi) is 7.93. The van der Waals surface area contributed by atoms with Gasteiger partial charge in [-0.1, -0.05) is 38.0 Å². The van der Waals surface area contributed by atoms with Crippen molar-refractivity contribution in [1.82, 2.24) is 5.32 Å². The summed E-state index contributed by atoms with van der Waals surface area (Å²) in [6.45, 7) is 2.67. The van der Waals surface area contributed by atoms with E-state index >= 15 is 0 Å². The molecule has 0 fully saturated rings. The first-order valence-corrected chi connectivity index (χ1v) is 9.18. The normalized spacial score (nSPS) is 11.2. The highest BCUT2D eigenvalue weighted by Crippen LogP contribution is 2.27. The first-order valence-electron chi connectivity index (χ1n) is 9.18. The van der Waals surface area contributed by atoms with Crippen molar-refractivity contribution in [3.8, 4) is 0 Å². The number of carbonyl (C=O) groups excluding carboxylic acids is 2. The molecule has 0 radical (unpaired) electrons. The number of hydrogen-bond acceptors (Lipinski definition) is 4. The average molecular weight is 357 g/mol. The van der Waals surface area contributed by atoms with Crippen molar-refractivity contribution < 1.29 is 18.7 Å². The molecule has 0 aliphatic heterocycles. The fourth-order valence-corrected chi connectivity index (χ4v) is 2.84. The van der Waals surface area contributed by atoms with Gasteiger partial charge in [-0.25, -0.2) is 0 Å². The fraction of sp³-hybridized carbons (Fsp3) is 0.429. The molecule has 1 heterocycles. The molecule has 0 saturated heterocycles. The Bertz CT molecular complexity index is 760. The first kappa shape index (κ1) is 19.8. The molecule has 140 valence electrons. The molecular formula is C21H27NO4. The molecule has 2 aromatic rings. The van der Waals surface area contributed by atoms with Crippen molar-refractivity contribution in [2.75, 3.05) is 13.7 Å². The van der Waals surface area contributed by atoms with E-state index in [1.165, 1.54) is 7.11 Å². The van der Waals surface area contributed by atoms with E-state index in [4.69, 9.17) is 4.42 Å². The smallest absolute Gasteiger partial charge is 0.305 e. The summed E-state index contributed by atoms with van der Waals surface area (Å²) < 4.78 is 10.4. The predicted octanol–water partition coefficient (Wildman–Crippen LogP) is 4.25. The Morgan fingerprint density at radius 3 is 2.69 bits per heavy atom. The second-order valence-electron chi connectivity index (χ2n) is 6.15. The van der Waals surface area contributed by atoms with Gasteiger partial charge in [-0.2, -0.15) is 0 Å². The standard InChI is InChI=1S/C21H27NO4/c1-3-18-17(16-10-7-8-11-19(16)26-18)13-14-20(23)22-15-9-5-4-6-12-21(24)25-2/h7-8,10-11,13-14H,3-6,9,12,15H2,1-2H3,(H,22,23)/b14-13+. The molecule has 1 aromatic heterocycles. The van der Waals surface area contributed by atoms with Crippen LogP contribution in [-0.2, 0) is 20.7 Å². The second-order valence-corrected chi connectivity index (χ2v) is 6.15. The first-order chi connectivity index (χ1) is 12.7. The molecule has 1 aromatic carbocycles. The van der Waals surface area contributed by atoms with Crippen LogP contribution in [0.3, 0.4) is 0 Å². The summed E-state index contributed by atoms with van der Waals surface area (Å²) in [7, 11) is 1.40. The van der Waals surface area contributed by atoms with Crippen molar-refractivity contribution in [3.05, 3.63) is 41.7 Å². The molecule has 5 heteroatoms. The van der Waals surface area contributed by atoms with Gasteiger partial charge in [0.15, 0.2) is 0 Å². The summed E-state index contributed by atoms with van der Waals surface area (Å²) in [4.78, 5) is 23.0. The quantitative estimate of drug-likeness (QED) is 0.392. The predicted molar refractivity (Wildman–Crippen MR) is 103 cm³/mol. The van der Waals surface area contributed by atoms with E-state index < -0.39 is 0 Å². The highest BCUT2D eigenvalue weighted by atomic mass is 16.5. The van der Waals surface area contributed by atoms with E-state index in [2.05, 4.69) is 10.1 Å². The van der Waals surface area contributed by atoms with Crippen LogP contribution in [0.2, 0.25) is 0 Å².